The Balaban J connectivity index is 1.04. The summed E-state index contributed by atoms with van der Waals surface area (Å²) < 4.78 is 13.8. The largest absolute Gasteiger partial charge is 0.456 e. The second-order valence-corrected chi connectivity index (χ2v) is 17.2. The van der Waals surface area contributed by atoms with E-state index in [1.807, 2.05) is 6.07 Å². The Kier molecular flexibility index (Phi) is 9.17. The second-order valence-electron chi connectivity index (χ2n) is 17.2. The van der Waals surface area contributed by atoms with E-state index in [1.54, 1.807) is 0 Å². The highest BCUT2D eigenvalue weighted by molar-refractivity contribution is 6.18. The van der Waals surface area contributed by atoms with Gasteiger partial charge in [-0.1, -0.05) is 182 Å². The molecule has 13 aromatic rings. The van der Waals surface area contributed by atoms with E-state index in [4.69, 9.17) is 8.83 Å². The molecule has 67 heavy (non-hydrogen) atoms. The van der Waals surface area contributed by atoms with Gasteiger partial charge in [-0.3, -0.25) is 0 Å². The molecule has 0 radical (unpaired) electrons. The number of hydrogen-bond donors (Lipinski definition) is 0. The maximum Gasteiger partial charge on any atom is 0.145 e. The monoisotopic (exact) mass is 855 g/mol. The molecule has 0 unspecified atom stereocenters. The van der Waals surface area contributed by atoms with Gasteiger partial charge in [-0.05, 0) is 122 Å². The van der Waals surface area contributed by atoms with Gasteiger partial charge in [0.1, 0.15) is 22.3 Å². The van der Waals surface area contributed by atoms with Crippen LogP contribution in [0.5, 0.6) is 0 Å². The van der Waals surface area contributed by atoms with Gasteiger partial charge in [0.15, 0.2) is 0 Å². The third kappa shape index (κ3) is 6.67. The van der Waals surface area contributed by atoms with Crippen LogP contribution >= 0.6 is 0 Å². The predicted octanol–water partition coefficient (Wildman–Crippen LogP) is 18.4. The van der Waals surface area contributed by atoms with Crippen molar-refractivity contribution in [3.63, 3.8) is 0 Å². The summed E-state index contributed by atoms with van der Waals surface area (Å²) in [7, 11) is 0. The predicted molar refractivity (Wildman–Crippen MR) is 280 cm³/mol. The number of fused-ring (bicyclic) bond motifs is 7. The SMILES string of the molecule is c1ccc(-c2ccc3c(c2)oc2cc(N(c4ccc(-c5c(-c6ccccc6)ccc6ccccc56)cc4)c4ccc(-c5ccccc5)c5oc6cc(-c7ccccc7)ccc6c45)ccc23)cc1. The maximum absolute atomic E-state index is 7.05. The lowest BCUT2D eigenvalue weighted by Gasteiger charge is -2.27. The fraction of sp³-hybridized carbons (Fsp3) is 0. The number of furan rings is 2. The molecule has 314 valence electrons. The highest BCUT2D eigenvalue weighted by Crippen LogP contribution is 2.48. The quantitative estimate of drug-likeness (QED) is 0.152. The summed E-state index contributed by atoms with van der Waals surface area (Å²) in [5.41, 5.74) is 17.8. The van der Waals surface area contributed by atoms with Crippen LogP contribution in [0.15, 0.2) is 258 Å². The minimum Gasteiger partial charge on any atom is -0.456 e. The standard InChI is InChI=1S/C64H41NO2/c1-5-15-42(16-6-1)48-28-34-55-56-36-32-51(41-61(56)66-59(55)39-48)65(50-30-25-47(26-31-50)62-52-24-14-13-23-46(52)27-33-53(62)44-19-9-3-10-20-44)58-38-37-54(45-21-11-4-12-22-45)64-63(58)57-35-29-49(40-60(57)67-64)43-17-7-2-8-18-43/h1-41H. The van der Waals surface area contributed by atoms with Crippen LogP contribution in [0.4, 0.5) is 17.1 Å². The second kappa shape index (κ2) is 16.0. The van der Waals surface area contributed by atoms with E-state index >= 15 is 0 Å². The van der Waals surface area contributed by atoms with Gasteiger partial charge < -0.3 is 13.7 Å². The first kappa shape index (κ1) is 38.5. The van der Waals surface area contributed by atoms with Gasteiger partial charge in [0, 0.05) is 39.2 Å². The lowest BCUT2D eigenvalue weighted by Crippen LogP contribution is -2.10. The van der Waals surface area contributed by atoms with E-state index in [9.17, 15) is 0 Å². The number of benzene rings is 11. The van der Waals surface area contributed by atoms with E-state index < -0.39 is 0 Å². The Hall–Kier alpha value is -8.92. The summed E-state index contributed by atoms with van der Waals surface area (Å²) in [6.45, 7) is 0. The van der Waals surface area contributed by atoms with Crippen LogP contribution in [0.1, 0.15) is 0 Å². The number of anilines is 3. The molecular formula is C64H41NO2. The number of rotatable bonds is 8. The smallest absolute Gasteiger partial charge is 0.145 e. The zero-order valence-corrected chi connectivity index (χ0v) is 36.4. The normalized spacial score (nSPS) is 11.6. The van der Waals surface area contributed by atoms with Gasteiger partial charge >= 0.3 is 0 Å². The number of hydrogen-bond acceptors (Lipinski definition) is 3. The summed E-state index contributed by atoms with van der Waals surface area (Å²) in [6.07, 6.45) is 0. The summed E-state index contributed by atoms with van der Waals surface area (Å²) in [4.78, 5) is 2.37. The van der Waals surface area contributed by atoms with Gasteiger partial charge in [0.05, 0.1) is 11.1 Å². The summed E-state index contributed by atoms with van der Waals surface area (Å²) >= 11 is 0. The molecule has 3 heteroatoms. The van der Waals surface area contributed by atoms with Crippen LogP contribution in [-0.4, -0.2) is 0 Å². The van der Waals surface area contributed by atoms with E-state index in [1.165, 1.54) is 27.5 Å². The molecule has 0 spiro atoms. The lowest BCUT2D eigenvalue weighted by molar-refractivity contribution is 0.669. The van der Waals surface area contributed by atoms with Crippen molar-refractivity contribution >= 4 is 71.7 Å². The van der Waals surface area contributed by atoms with Crippen molar-refractivity contribution in [2.45, 2.75) is 0 Å². The molecule has 11 aromatic carbocycles. The van der Waals surface area contributed by atoms with Gasteiger partial charge in [-0.25, -0.2) is 0 Å². The third-order valence-corrected chi connectivity index (χ3v) is 13.3. The topological polar surface area (TPSA) is 29.5 Å². The van der Waals surface area contributed by atoms with Crippen LogP contribution in [0, 0.1) is 0 Å². The van der Waals surface area contributed by atoms with Gasteiger partial charge in [-0.2, -0.15) is 0 Å². The van der Waals surface area contributed by atoms with Crippen LogP contribution in [0.2, 0.25) is 0 Å². The molecule has 0 bridgehead atoms. The van der Waals surface area contributed by atoms with E-state index in [0.717, 1.165) is 99.9 Å². The zero-order valence-electron chi connectivity index (χ0n) is 36.4. The molecule has 13 rings (SSSR count). The first-order valence-electron chi connectivity index (χ1n) is 22.8. The molecule has 0 aliphatic carbocycles. The highest BCUT2D eigenvalue weighted by atomic mass is 16.3. The molecule has 2 heterocycles. The minimum absolute atomic E-state index is 0.823. The van der Waals surface area contributed by atoms with Gasteiger partial charge in [0.2, 0.25) is 0 Å². The van der Waals surface area contributed by atoms with E-state index in [0.29, 0.717) is 0 Å². The molecule has 0 N–H and O–H groups in total. The van der Waals surface area contributed by atoms with Crippen LogP contribution in [0.3, 0.4) is 0 Å². The molecule has 0 aliphatic heterocycles. The minimum atomic E-state index is 0.823. The summed E-state index contributed by atoms with van der Waals surface area (Å²) in [5, 5.41) is 6.68. The van der Waals surface area contributed by atoms with Crippen molar-refractivity contribution in [2.24, 2.45) is 0 Å². The summed E-state index contributed by atoms with van der Waals surface area (Å²) in [5.74, 6) is 0. The Morgan fingerprint density at radius 2 is 0.776 bits per heavy atom. The molecule has 2 aromatic heterocycles. The fourth-order valence-electron chi connectivity index (χ4n) is 10.1. The zero-order chi connectivity index (χ0) is 44.3. The molecule has 0 saturated carbocycles. The molecule has 3 nitrogen and oxygen atoms in total. The van der Waals surface area contributed by atoms with Crippen molar-refractivity contribution in [2.75, 3.05) is 4.90 Å². The Bertz CT molecular complexity index is 3950. The third-order valence-electron chi connectivity index (χ3n) is 13.3. The van der Waals surface area contributed by atoms with Crippen LogP contribution < -0.4 is 4.90 Å². The maximum atomic E-state index is 7.05. The average molecular weight is 856 g/mol. The van der Waals surface area contributed by atoms with E-state index in [-0.39, 0.29) is 0 Å². The Morgan fingerprint density at radius 1 is 0.284 bits per heavy atom. The number of nitrogens with zero attached hydrogens (tertiary/aromatic N) is 1. The van der Waals surface area contributed by atoms with Crippen molar-refractivity contribution < 1.29 is 8.83 Å². The molecule has 0 amide bonds. The molecule has 0 fully saturated rings. The average Bonchev–Trinajstić information content (AvgIpc) is 3.98. The molecule has 0 aliphatic rings. The fourth-order valence-corrected chi connectivity index (χ4v) is 10.1. The Morgan fingerprint density at radius 3 is 1.43 bits per heavy atom. The first-order valence-corrected chi connectivity index (χ1v) is 22.8. The first-order chi connectivity index (χ1) is 33.2. The van der Waals surface area contributed by atoms with Crippen molar-refractivity contribution in [3.8, 4) is 55.6 Å². The van der Waals surface area contributed by atoms with Gasteiger partial charge in [-0.15, -0.1) is 0 Å². The molecule has 0 atom stereocenters. The Labute approximate surface area is 388 Å². The summed E-state index contributed by atoms with van der Waals surface area (Å²) in [6, 6.07) is 88.7. The van der Waals surface area contributed by atoms with Crippen LogP contribution in [0.25, 0.3) is 110 Å². The van der Waals surface area contributed by atoms with Crippen molar-refractivity contribution in [3.05, 3.63) is 249 Å². The highest BCUT2D eigenvalue weighted by Gasteiger charge is 2.24. The lowest BCUT2D eigenvalue weighted by atomic mass is 9.89. The van der Waals surface area contributed by atoms with Gasteiger partial charge in [0.25, 0.3) is 0 Å². The van der Waals surface area contributed by atoms with Crippen molar-refractivity contribution in [1.82, 2.24) is 0 Å². The van der Waals surface area contributed by atoms with Crippen LogP contribution in [-0.2, 0) is 0 Å². The van der Waals surface area contributed by atoms with Crippen molar-refractivity contribution in [1.29, 1.82) is 0 Å². The molecule has 0 saturated heterocycles. The molecular weight excluding hydrogens is 815 g/mol. The van der Waals surface area contributed by atoms with E-state index in [2.05, 4.69) is 248 Å².